The molecule has 0 fully saturated rings. The van der Waals surface area contributed by atoms with Crippen LogP contribution in [0.5, 0.6) is 0 Å². The molecule has 184 valence electrons. The summed E-state index contributed by atoms with van der Waals surface area (Å²) < 4.78 is 6.12. The van der Waals surface area contributed by atoms with Gasteiger partial charge in [-0.1, -0.05) is 52.7 Å². The lowest BCUT2D eigenvalue weighted by molar-refractivity contribution is 0.0948. The van der Waals surface area contributed by atoms with Crippen LogP contribution in [0, 0.1) is 0 Å². The van der Waals surface area contributed by atoms with Crippen LogP contribution in [0.1, 0.15) is 40.7 Å². The van der Waals surface area contributed by atoms with Crippen molar-refractivity contribution < 1.29 is 9.42 Å². The normalized spacial score (nSPS) is 13.5. The molecule has 3 heterocycles. The molecule has 3 N–H and O–H groups in total. The van der Waals surface area contributed by atoms with Gasteiger partial charge in [0.15, 0.2) is 5.69 Å². The van der Waals surface area contributed by atoms with E-state index >= 15 is 0 Å². The van der Waals surface area contributed by atoms with Crippen LogP contribution in [0.3, 0.4) is 0 Å². The van der Waals surface area contributed by atoms with Crippen LogP contribution in [-0.2, 0) is 13.0 Å². The van der Waals surface area contributed by atoms with Crippen LogP contribution in [0.25, 0.3) is 5.82 Å². The van der Waals surface area contributed by atoms with Gasteiger partial charge in [0.1, 0.15) is 0 Å². The highest BCUT2D eigenvalue weighted by Gasteiger charge is 2.27. The molecular formula is C23H21Cl2N9O2. The van der Waals surface area contributed by atoms with Gasteiger partial charge >= 0.3 is 0 Å². The third-order valence-corrected chi connectivity index (χ3v) is 6.62. The topological polar surface area (TPSA) is 140 Å². The molecule has 1 aliphatic heterocycles. The maximum Gasteiger partial charge on any atom is 0.293 e. The number of carbonyl (C=O) groups excluding carboxylic acids is 1. The second kappa shape index (κ2) is 9.96. The Morgan fingerprint density at radius 2 is 2.03 bits per heavy atom. The monoisotopic (exact) mass is 525 g/mol. The lowest BCUT2D eigenvalue weighted by Gasteiger charge is -2.31. The van der Waals surface area contributed by atoms with Crippen LogP contribution < -0.4 is 16.1 Å². The Morgan fingerprint density at radius 3 is 2.81 bits per heavy atom. The SMILES string of the molecule is C/C(=N/NC(=O)c1nnn(-c2nonc2N)c1CN1CCCc2ccccc21)c1ccc(Cl)c(Cl)c1. The summed E-state index contributed by atoms with van der Waals surface area (Å²) in [5.41, 5.74) is 12.6. The number of nitrogens with two attached hydrogens (primary N) is 1. The summed E-state index contributed by atoms with van der Waals surface area (Å²) in [4.78, 5) is 15.4. The summed E-state index contributed by atoms with van der Waals surface area (Å²) in [5.74, 6) is -0.367. The molecule has 13 heteroatoms. The summed E-state index contributed by atoms with van der Waals surface area (Å²) in [6.45, 7) is 2.86. The molecule has 4 aromatic rings. The van der Waals surface area contributed by atoms with Gasteiger partial charge in [0, 0.05) is 12.2 Å². The van der Waals surface area contributed by atoms with E-state index in [9.17, 15) is 4.79 Å². The van der Waals surface area contributed by atoms with E-state index in [1.165, 1.54) is 10.2 Å². The van der Waals surface area contributed by atoms with Gasteiger partial charge < -0.3 is 10.6 Å². The van der Waals surface area contributed by atoms with Crippen molar-refractivity contribution >= 4 is 46.3 Å². The van der Waals surface area contributed by atoms with E-state index in [0.717, 1.165) is 25.1 Å². The number of benzene rings is 2. The number of nitrogens with one attached hydrogen (secondary N) is 1. The fourth-order valence-electron chi connectivity index (χ4n) is 4.06. The average molecular weight is 526 g/mol. The third kappa shape index (κ3) is 4.62. The molecule has 11 nitrogen and oxygen atoms in total. The first-order chi connectivity index (χ1) is 17.4. The zero-order chi connectivity index (χ0) is 25.2. The van der Waals surface area contributed by atoms with E-state index < -0.39 is 5.91 Å². The van der Waals surface area contributed by atoms with E-state index in [-0.39, 0.29) is 17.3 Å². The Labute approximate surface area is 215 Å². The molecule has 2 aromatic heterocycles. The highest BCUT2D eigenvalue weighted by Crippen LogP contribution is 2.29. The van der Waals surface area contributed by atoms with Gasteiger partial charge in [-0.3, -0.25) is 4.79 Å². The van der Waals surface area contributed by atoms with E-state index in [2.05, 4.69) is 48.2 Å². The van der Waals surface area contributed by atoms with Crippen molar-refractivity contribution in [1.29, 1.82) is 0 Å². The number of rotatable bonds is 6. The van der Waals surface area contributed by atoms with Crippen molar-refractivity contribution in [2.24, 2.45) is 5.10 Å². The van der Waals surface area contributed by atoms with Crippen molar-refractivity contribution in [3.8, 4) is 5.82 Å². The highest BCUT2D eigenvalue weighted by atomic mass is 35.5. The van der Waals surface area contributed by atoms with Gasteiger partial charge in [0.05, 0.1) is 28.0 Å². The van der Waals surface area contributed by atoms with Gasteiger partial charge in [-0.05, 0) is 59.4 Å². The number of amides is 1. The van der Waals surface area contributed by atoms with Crippen LogP contribution in [0.4, 0.5) is 11.5 Å². The molecule has 0 aliphatic carbocycles. The Kier molecular flexibility index (Phi) is 6.57. The van der Waals surface area contributed by atoms with E-state index in [1.807, 2.05) is 12.1 Å². The first kappa shape index (κ1) is 23.8. The Balaban J connectivity index is 1.47. The number of anilines is 2. The number of nitrogen functional groups attached to an aromatic ring is 1. The molecule has 0 radical (unpaired) electrons. The summed E-state index contributed by atoms with van der Waals surface area (Å²) in [6, 6.07) is 13.3. The quantitative estimate of drug-likeness (QED) is 0.287. The van der Waals surface area contributed by atoms with Crippen molar-refractivity contribution in [1.82, 2.24) is 30.7 Å². The number of aryl methyl sites for hydroxylation is 1. The van der Waals surface area contributed by atoms with Crippen LogP contribution in [0.2, 0.25) is 10.0 Å². The maximum atomic E-state index is 13.2. The number of para-hydroxylation sites is 1. The molecule has 1 amide bonds. The van der Waals surface area contributed by atoms with Crippen molar-refractivity contribution in [2.45, 2.75) is 26.3 Å². The number of hydrogen-bond donors (Lipinski definition) is 2. The van der Waals surface area contributed by atoms with Gasteiger partial charge in [-0.15, -0.1) is 5.10 Å². The summed E-state index contributed by atoms with van der Waals surface area (Å²) in [5, 5.41) is 20.7. The zero-order valence-corrected chi connectivity index (χ0v) is 20.7. The Morgan fingerprint density at radius 1 is 1.19 bits per heavy atom. The number of aromatic nitrogens is 5. The average Bonchev–Trinajstić information content (AvgIpc) is 3.49. The minimum atomic E-state index is -0.545. The maximum absolute atomic E-state index is 13.2. The van der Waals surface area contributed by atoms with E-state index in [0.29, 0.717) is 33.6 Å². The second-order valence-corrected chi connectivity index (χ2v) is 9.00. The molecule has 0 saturated heterocycles. The molecule has 0 saturated carbocycles. The standard InChI is InChI=1S/C23H21Cl2N9O2/c1-13(15-8-9-16(24)17(25)11-15)27-29-23(35)20-19(34(32-28-20)22-21(26)30-36-31-22)12-33-10-4-6-14-5-2-3-7-18(14)33/h2-3,5,7-9,11H,4,6,10,12H2,1H3,(H2,26,30)(H,29,35)/b27-13-. The number of hydrogen-bond acceptors (Lipinski definition) is 9. The predicted octanol–water partition coefficient (Wildman–Crippen LogP) is 3.65. The van der Waals surface area contributed by atoms with Crippen LogP contribution in [-0.4, -0.2) is 43.5 Å². The number of halogens is 2. The lowest BCUT2D eigenvalue weighted by Crippen LogP contribution is -2.31. The van der Waals surface area contributed by atoms with Crippen LogP contribution in [0.15, 0.2) is 52.2 Å². The molecule has 36 heavy (non-hydrogen) atoms. The Bertz CT molecular complexity index is 1460. The molecule has 0 spiro atoms. The van der Waals surface area contributed by atoms with Crippen molar-refractivity contribution in [3.63, 3.8) is 0 Å². The summed E-state index contributed by atoms with van der Waals surface area (Å²) in [7, 11) is 0. The van der Waals surface area contributed by atoms with Crippen LogP contribution >= 0.6 is 23.2 Å². The molecule has 5 rings (SSSR count). The molecule has 0 unspecified atom stereocenters. The number of carbonyl (C=O) groups is 1. The Hall–Kier alpha value is -3.96. The minimum absolute atomic E-state index is 0.0284. The number of hydrazone groups is 1. The summed E-state index contributed by atoms with van der Waals surface area (Å²) in [6.07, 6.45) is 1.96. The molecule has 0 atom stereocenters. The largest absolute Gasteiger partial charge is 0.378 e. The highest BCUT2D eigenvalue weighted by molar-refractivity contribution is 6.42. The predicted molar refractivity (Wildman–Crippen MR) is 136 cm³/mol. The first-order valence-corrected chi connectivity index (χ1v) is 11.8. The molecule has 0 bridgehead atoms. The fourth-order valence-corrected chi connectivity index (χ4v) is 4.36. The van der Waals surface area contributed by atoms with Gasteiger partial charge in [-0.25, -0.2) is 10.1 Å². The van der Waals surface area contributed by atoms with Crippen molar-refractivity contribution in [3.05, 3.63) is 75.0 Å². The molecular weight excluding hydrogens is 505 g/mol. The van der Waals surface area contributed by atoms with E-state index in [4.69, 9.17) is 33.6 Å². The second-order valence-electron chi connectivity index (χ2n) is 8.19. The smallest absolute Gasteiger partial charge is 0.293 e. The van der Waals surface area contributed by atoms with Gasteiger partial charge in [0.2, 0.25) is 11.6 Å². The lowest BCUT2D eigenvalue weighted by atomic mass is 10.0. The first-order valence-electron chi connectivity index (χ1n) is 11.1. The van der Waals surface area contributed by atoms with Gasteiger partial charge in [-0.2, -0.15) is 9.78 Å². The van der Waals surface area contributed by atoms with E-state index in [1.54, 1.807) is 25.1 Å². The zero-order valence-electron chi connectivity index (χ0n) is 19.2. The summed E-state index contributed by atoms with van der Waals surface area (Å²) >= 11 is 12.1. The molecule has 1 aliphatic rings. The molecule has 2 aromatic carbocycles. The number of nitrogens with zero attached hydrogens (tertiary/aromatic N) is 7. The minimum Gasteiger partial charge on any atom is -0.378 e. The third-order valence-electron chi connectivity index (χ3n) is 5.88. The van der Waals surface area contributed by atoms with Crippen molar-refractivity contribution in [2.75, 3.05) is 17.2 Å². The fraction of sp³-hybridized carbons (Fsp3) is 0.217. The number of fused-ring (bicyclic) bond motifs is 1. The van der Waals surface area contributed by atoms with Gasteiger partial charge in [0.25, 0.3) is 5.91 Å².